The van der Waals surface area contributed by atoms with E-state index in [0.29, 0.717) is 71.2 Å². The molecule has 0 aromatic heterocycles. The normalized spacial score (nSPS) is 12.5. The molecule has 39 heavy (non-hydrogen) atoms. The number of rotatable bonds is 28. The number of aliphatic hydroxyl groups excluding tert-OH is 1. The highest BCUT2D eigenvalue weighted by atomic mass is 16.5. The Hall–Kier alpha value is -2.24. The summed E-state index contributed by atoms with van der Waals surface area (Å²) in [5.74, 6) is -0.636. The summed E-state index contributed by atoms with van der Waals surface area (Å²) in [6, 6.07) is -0.679. The van der Waals surface area contributed by atoms with Crippen molar-refractivity contribution in [2.24, 2.45) is 0 Å². The lowest BCUT2D eigenvalue weighted by Gasteiger charge is -2.12. The highest BCUT2D eigenvalue weighted by molar-refractivity contribution is 5.77. The Balaban J connectivity index is 3.41. The molecule has 1 unspecified atom stereocenters. The van der Waals surface area contributed by atoms with E-state index in [0.717, 1.165) is 0 Å². The fourth-order valence-corrected chi connectivity index (χ4v) is 3.00. The number of amides is 3. The van der Waals surface area contributed by atoms with E-state index in [1.54, 1.807) is 7.05 Å². The van der Waals surface area contributed by atoms with Crippen molar-refractivity contribution in [3.63, 3.8) is 0 Å². The van der Waals surface area contributed by atoms with Crippen LogP contribution < -0.4 is 26.7 Å². The van der Waals surface area contributed by atoms with Crippen LogP contribution in [0, 0.1) is 0 Å². The Bertz CT molecular complexity index is 640. The van der Waals surface area contributed by atoms with Crippen molar-refractivity contribution >= 4 is 24.0 Å². The van der Waals surface area contributed by atoms with Crippen molar-refractivity contribution in [3.05, 3.63) is 0 Å². The second kappa shape index (κ2) is 27.3. The van der Waals surface area contributed by atoms with Gasteiger partial charge in [-0.1, -0.05) is 0 Å². The molecule has 0 heterocycles. The third-order valence-electron chi connectivity index (χ3n) is 5.29. The summed E-state index contributed by atoms with van der Waals surface area (Å²) in [4.78, 5) is 45.6. The average molecular weight is 566 g/mol. The molecule has 0 aromatic rings. The Morgan fingerprint density at radius 2 is 1.28 bits per heavy atom. The monoisotopic (exact) mass is 565 g/mol. The van der Waals surface area contributed by atoms with Crippen molar-refractivity contribution in [3.8, 4) is 0 Å². The maximum atomic E-state index is 11.7. The lowest BCUT2D eigenvalue weighted by Crippen LogP contribution is -2.33. The molecule has 15 heteroatoms. The molecule has 0 saturated heterocycles. The van der Waals surface area contributed by atoms with E-state index >= 15 is 0 Å². The molecule has 0 aromatic carbocycles. The van der Waals surface area contributed by atoms with Crippen molar-refractivity contribution < 1.29 is 48.4 Å². The van der Waals surface area contributed by atoms with E-state index in [-0.39, 0.29) is 70.0 Å². The molecule has 0 aliphatic heterocycles. The van der Waals surface area contributed by atoms with Crippen molar-refractivity contribution in [1.29, 1.82) is 0 Å². The molecule has 0 rings (SSSR count). The lowest BCUT2D eigenvalue weighted by atomic mass is 10.1. The third-order valence-corrected chi connectivity index (χ3v) is 5.29. The summed E-state index contributed by atoms with van der Waals surface area (Å²) in [5, 5.41) is 28.7. The van der Waals surface area contributed by atoms with Crippen LogP contribution in [-0.2, 0) is 38.1 Å². The number of ether oxygens (including phenoxy) is 4. The molecule has 0 radical (unpaired) electrons. The van der Waals surface area contributed by atoms with Crippen molar-refractivity contribution in [1.82, 2.24) is 26.7 Å². The number of hydrogen-bond acceptors (Lipinski definition) is 12. The molecule has 15 nitrogen and oxygen atoms in total. The zero-order valence-corrected chi connectivity index (χ0v) is 22.9. The zero-order valence-electron chi connectivity index (χ0n) is 22.9. The second-order valence-corrected chi connectivity index (χ2v) is 8.45. The Morgan fingerprint density at radius 3 is 1.79 bits per heavy atom. The third kappa shape index (κ3) is 24.5. The number of unbranched alkanes of at least 4 members (excludes halogenated alkanes) is 1. The largest absolute Gasteiger partial charge is 0.395 e. The molecule has 0 spiro atoms. The quantitative estimate of drug-likeness (QED) is 0.0298. The first-order chi connectivity index (χ1) is 19.0. The minimum Gasteiger partial charge on any atom is -0.395 e. The number of nitrogens with one attached hydrogen (secondary N) is 5. The first kappa shape index (κ1) is 36.8. The molecular formula is C24H47N5O10. The average Bonchev–Trinajstić information content (AvgIpc) is 2.94. The minimum absolute atomic E-state index is 0.0154. The van der Waals surface area contributed by atoms with Crippen LogP contribution in [-0.4, -0.2) is 133 Å². The summed E-state index contributed by atoms with van der Waals surface area (Å²) in [7, 11) is 1.73. The van der Waals surface area contributed by atoms with E-state index in [4.69, 9.17) is 29.3 Å². The van der Waals surface area contributed by atoms with Crippen LogP contribution >= 0.6 is 0 Å². The molecule has 0 aliphatic rings. The van der Waals surface area contributed by atoms with E-state index in [1.165, 1.54) is 0 Å². The Labute approximate surface area is 230 Å². The van der Waals surface area contributed by atoms with Crippen LogP contribution in [0.25, 0.3) is 0 Å². The fraction of sp³-hybridized carbons (Fsp3) is 0.833. The van der Waals surface area contributed by atoms with Gasteiger partial charge in [-0.2, -0.15) is 5.48 Å². The van der Waals surface area contributed by atoms with Gasteiger partial charge in [-0.25, -0.2) is 0 Å². The van der Waals surface area contributed by atoms with Gasteiger partial charge in [0.15, 0.2) is 0 Å². The van der Waals surface area contributed by atoms with Gasteiger partial charge in [0.05, 0.1) is 52.3 Å². The van der Waals surface area contributed by atoms with Crippen LogP contribution in [0.2, 0.25) is 0 Å². The number of carbonyl (C=O) groups excluding carboxylic acids is 4. The topological polar surface area (TPSA) is 206 Å². The Kier molecular flexibility index (Phi) is 25.8. The van der Waals surface area contributed by atoms with Gasteiger partial charge in [0.2, 0.25) is 17.7 Å². The standard InChI is InChI=1S/C24H47N5O10/c1-25-20(16-30)5-6-22(32)27-8-10-36-12-15-39-19-24(34)28-9-11-37-13-14-38-18-23(33)26-7-3-2-4-21(17-31)29-35/h17,20-21,25,29-30,35H,2-16,18-19H2,1H3,(H,26,33)(H,27,32)(H,28,34)/t20-,21?/m0/s1. The molecule has 0 fully saturated rings. The fourth-order valence-electron chi connectivity index (χ4n) is 3.00. The summed E-state index contributed by atoms with van der Waals surface area (Å²) < 4.78 is 21.1. The van der Waals surface area contributed by atoms with Crippen LogP contribution in [0.4, 0.5) is 0 Å². The molecule has 0 bridgehead atoms. The molecular weight excluding hydrogens is 518 g/mol. The van der Waals surface area contributed by atoms with Gasteiger partial charge in [0.1, 0.15) is 19.5 Å². The smallest absolute Gasteiger partial charge is 0.246 e. The van der Waals surface area contributed by atoms with Gasteiger partial charge < -0.3 is 55.3 Å². The molecule has 228 valence electrons. The van der Waals surface area contributed by atoms with Crippen LogP contribution in [0.15, 0.2) is 0 Å². The molecule has 2 atom stereocenters. The molecule has 0 aliphatic carbocycles. The van der Waals surface area contributed by atoms with Gasteiger partial charge in [-0.05, 0) is 32.7 Å². The van der Waals surface area contributed by atoms with E-state index in [1.807, 2.05) is 5.48 Å². The van der Waals surface area contributed by atoms with Gasteiger partial charge in [0.25, 0.3) is 0 Å². The molecule has 7 N–H and O–H groups in total. The maximum Gasteiger partial charge on any atom is 0.246 e. The zero-order chi connectivity index (χ0) is 29.0. The van der Waals surface area contributed by atoms with Crippen LogP contribution in [0.5, 0.6) is 0 Å². The van der Waals surface area contributed by atoms with Crippen molar-refractivity contribution in [2.75, 3.05) is 86.1 Å². The molecule has 3 amide bonds. The van der Waals surface area contributed by atoms with E-state index < -0.39 is 6.04 Å². The van der Waals surface area contributed by atoms with Gasteiger partial charge in [-0.15, -0.1) is 0 Å². The highest BCUT2D eigenvalue weighted by Crippen LogP contribution is 1.98. The lowest BCUT2D eigenvalue weighted by molar-refractivity contribution is -0.127. The summed E-state index contributed by atoms with van der Waals surface area (Å²) in [6.45, 7) is 2.59. The Morgan fingerprint density at radius 1 is 0.744 bits per heavy atom. The predicted octanol–water partition coefficient (Wildman–Crippen LogP) is -2.52. The summed E-state index contributed by atoms with van der Waals surface area (Å²) in [6.07, 6.45) is 3.35. The first-order valence-electron chi connectivity index (χ1n) is 13.2. The number of hydrogen-bond donors (Lipinski definition) is 7. The predicted molar refractivity (Wildman–Crippen MR) is 140 cm³/mol. The van der Waals surface area contributed by atoms with Crippen LogP contribution in [0.1, 0.15) is 32.1 Å². The summed E-state index contributed by atoms with van der Waals surface area (Å²) >= 11 is 0. The van der Waals surface area contributed by atoms with Gasteiger partial charge in [-0.3, -0.25) is 14.4 Å². The second-order valence-electron chi connectivity index (χ2n) is 8.45. The SMILES string of the molecule is CN[C@H](CO)CCC(=O)NCCOCCOCC(=O)NCCOCCOCC(=O)NCCCCC(C=O)NO. The number of hydroxylamine groups is 1. The minimum atomic E-state index is -0.586. The number of aliphatic hydroxyl groups is 1. The number of likely N-dealkylation sites (N-methyl/N-ethyl adjacent to an activating group) is 1. The molecule has 0 saturated carbocycles. The van der Waals surface area contributed by atoms with Gasteiger partial charge in [0, 0.05) is 32.1 Å². The van der Waals surface area contributed by atoms with E-state index in [2.05, 4.69) is 21.3 Å². The number of aldehydes is 1. The number of carbonyl (C=O) groups is 4. The maximum absolute atomic E-state index is 11.7. The van der Waals surface area contributed by atoms with Gasteiger partial charge >= 0.3 is 0 Å². The first-order valence-corrected chi connectivity index (χ1v) is 13.2. The van der Waals surface area contributed by atoms with Crippen LogP contribution in [0.3, 0.4) is 0 Å². The van der Waals surface area contributed by atoms with Crippen molar-refractivity contribution in [2.45, 2.75) is 44.2 Å². The van der Waals surface area contributed by atoms with E-state index in [9.17, 15) is 19.2 Å². The highest BCUT2D eigenvalue weighted by Gasteiger charge is 2.08. The summed E-state index contributed by atoms with van der Waals surface area (Å²) in [5.41, 5.74) is 1.90.